The summed E-state index contributed by atoms with van der Waals surface area (Å²) in [5.41, 5.74) is 4.19. The van der Waals surface area contributed by atoms with Crippen LogP contribution >= 0.6 is 0 Å². The summed E-state index contributed by atoms with van der Waals surface area (Å²) >= 11 is 0. The molecule has 2 aromatic carbocycles. The Labute approximate surface area is 138 Å². The SMILES string of the molecule is O=c1[nH]c2cc3c(cc2cc1CN1Cc2ccccc2C1)OCO3. The first-order valence-electron chi connectivity index (χ1n) is 8.01. The van der Waals surface area contributed by atoms with Gasteiger partial charge in [0.1, 0.15) is 0 Å². The average molecular weight is 320 g/mol. The van der Waals surface area contributed by atoms with Crippen LogP contribution in [0.2, 0.25) is 0 Å². The molecular weight excluding hydrogens is 304 g/mol. The number of benzene rings is 2. The third kappa shape index (κ3) is 2.17. The quantitative estimate of drug-likeness (QED) is 0.789. The Morgan fingerprint density at radius 3 is 2.46 bits per heavy atom. The van der Waals surface area contributed by atoms with E-state index in [0.29, 0.717) is 12.3 Å². The van der Waals surface area contributed by atoms with E-state index in [-0.39, 0.29) is 12.4 Å². The van der Waals surface area contributed by atoms with Gasteiger partial charge in [0, 0.05) is 36.7 Å². The highest BCUT2D eigenvalue weighted by Gasteiger charge is 2.20. The predicted octanol–water partition coefficient (Wildman–Crippen LogP) is 2.77. The van der Waals surface area contributed by atoms with E-state index >= 15 is 0 Å². The first-order chi connectivity index (χ1) is 11.8. The van der Waals surface area contributed by atoms with E-state index in [4.69, 9.17) is 9.47 Å². The van der Waals surface area contributed by atoms with Gasteiger partial charge < -0.3 is 14.5 Å². The van der Waals surface area contributed by atoms with Gasteiger partial charge >= 0.3 is 0 Å². The molecule has 0 fully saturated rings. The van der Waals surface area contributed by atoms with Gasteiger partial charge in [0.05, 0.1) is 5.52 Å². The maximum atomic E-state index is 12.4. The molecule has 1 aromatic heterocycles. The Bertz CT molecular complexity index is 984. The number of rotatable bonds is 2. The highest BCUT2D eigenvalue weighted by molar-refractivity contribution is 5.83. The second-order valence-corrected chi connectivity index (χ2v) is 6.33. The molecule has 3 heterocycles. The molecule has 0 unspecified atom stereocenters. The van der Waals surface area contributed by atoms with Crippen molar-refractivity contribution < 1.29 is 9.47 Å². The lowest BCUT2D eigenvalue weighted by Crippen LogP contribution is -2.22. The van der Waals surface area contributed by atoms with Crippen molar-refractivity contribution in [3.05, 3.63) is 69.5 Å². The van der Waals surface area contributed by atoms with Crippen LogP contribution in [-0.4, -0.2) is 16.7 Å². The molecule has 2 aliphatic rings. The van der Waals surface area contributed by atoms with Crippen molar-refractivity contribution in [2.45, 2.75) is 19.6 Å². The van der Waals surface area contributed by atoms with Crippen molar-refractivity contribution in [2.24, 2.45) is 0 Å². The molecule has 0 aliphatic carbocycles. The highest BCUT2D eigenvalue weighted by atomic mass is 16.7. The molecule has 0 amide bonds. The number of nitrogens with one attached hydrogen (secondary N) is 1. The number of pyridine rings is 1. The van der Waals surface area contributed by atoms with E-state index in [1.165, 1.54) is 11.1 Å². The van der Waals surface area contributed by atoms with Gasteiger partial charge in [-0.3, -0.25) is 9.69 Å². The summed E-state index contributed by atoms with van der Waals surface area (Å²) in [4.78, 5) is 17.7. The Morgan fingerprint density at radius 2 is 1.71 bits per heavy atom. The van der Waals surface area contributed by atoms with Crippen molar-refractivity contribution in [1.82, 2.24) is 9.88 Å². The lowest BCUT2D eigenvalue weighted by molar-refractivity contribution is 0.174. The van der Waals surface area contributed by atoms with Gasteiger partial charge in [-0.2, -0.15) is 0 Å². The summed E-state index contributed by atoms with van der Waals surface area (Å²) in [6.45, 7) is 2.63. The topological polar surface area (TPSA) is 54.6 Å². The van der Waals surface area contributed by atoms with Gasteiger partial charge in [0.25, 0.3) is 5.56 Å². The van der Waals surface area contributed by atoms with Crippen LogP contribution < -0.4 is 15.0 Å². The molecule has 5 rings (SSSR count). The van der Waals surface area contributed by atoms with Crippen LogP contribution in [0.3, 0.4) is 0 Å². The Kier molecular flexibility index (Phi) is 2.90. The summed E-state index contributed by atoms with van der Waals surface area (Å²) < 4.78 is 10.8. The van der Waals surface area contributed by atoms with E-state index in [2.05, 4.69) is 34.1 Å². The fourth-order valence-electron chi connectivity index (χ4n) is 3.52. The summed E-state index contributed by atoms with van der Waals surface area (Å²) in [5.74, 6) is 1.41. The minimum Gasteiger partial charge on any atom is -0.454 e. The molecule has 120 valence electrons. The number of H-pyrrole nitrogens is 1. The minimum absolute atomic E-state index is 0.0441. The normalized spacial score (nSPS) is 15.8. The first-order valence-corrected chi connectivity index (χ1v) is 8.01. The van der Waals surface area contributed by atoms with Crippen molar-refractivity contribution in [1.29, 1.82) is 0 Å². The number of hydrogen-bond donors (Lipinski definition) is 1. The van der Waals surface area contributed by atoms with Gasteiger partial charge in [-0.15, -0.1) is 0 Å². The molecule has 0 atom stereocenters. The molecule has 1 N–H and O–H groups in total. The van der Waals surface area contributed by atoms with Crippen LogP contribution in [0.15, 0.2) is 47.3 Å². The first kappa shape index (κ1) is 13.6. The smallest absolute Gasteiger partial charge is 0.252 e. The predicted molar refractivity (Wildman–Crippen MR) is 90.1 cm³/mol. The summed E-state index contributed by atoms with van der Waals surface area (Å²) in [6.07, 6.45) is 0. The lowest BCUT2D eigenvalue weighted by atomic mass is 10.1. The summed E-state index contributed by atoms with van der Waals surface area (Å²) in [7, 11) is 0. The number of hydrogen-bond acceptors (Lipinski definition) is 4. The van der Waals surface area contributed by atoms with E-state index in [1.807, 2.05) is 18.2 Å². The zero-order valence-corrected chi connectivity index (χ0v) is 13.0. The van der Waals surface area contributed by atoms with Crippen LogP contribution in [0.4, 0.5) is 0 Å². The summed E-state index contributed by atoms with van der Waals surface area (Å²) in [5, 5.41) is 0.963. The standard InChI is InChI=1S/C19H16N2O3/c22-19-15(10-21-8-12-3-1-2-4-13(12)9-21)5-14-6-17-18(24-11-23-17)7-16(14)20-19/h1-7H,8-11H2,(H,20,22). The largest absolute Gasteiger partial charge is 0.454 e. The maximum absolute atomic E-state index is 12.4. The molecule has 0 spiro atoms. The van der Waals surface area contributed by atoms with Gasteiger partial charge in [0.15, 0.2) is 11.5 Å². The third-order valence-electron chi connectivity index (χ3n) is 4.71. The van der Waals surface area contributed by atoms with E-state index in [0.717, 1.165) is 35.3 Å². The van der Waals surface area contributed by atoms with E-state index < -0.39 is 0 Å². The van der Waals surface area contributed by atoms with Gasteiger partial charge in [0.2, 0.25) is 6.79 Å². The number of aromatic amines is 1. The second-order valence-electron chi connectivity index (χ2n) is 6.33. The molecule has 0 saturated heterocycles. The van der Waals surface area contributed by atoms with E-state index in [9.17, 15) is 4.79 Å². The second kappa shape index (κ2) is 5.11. The van der Waals surface area contributed by atoms with Crippen molar-refractivity contribution in [2.75, 3.05) is 6.79 Å². The third-order valence-corrected chi connectivity index (χ3v) is 4.71. The number of fused-ring (bicyclic) bond motifs is 3. The number of ether oxygens (including phenoxy) is 2. The van der Waals surface area contributed by atoms with Crippen molar-refractivity contribution >= 4 is 10.9 Å². The molecule has 0 radical (unpaired) electrons. The molecule has 5 nitrogen and oxygen atoms in total. The van der Waals surface area contributed by atoms with Gasteiger partial charge in [-0.25, -0.2) is 0 Å². The van der Waals surface area contributed by atoms with Gasteiger partial charge in [-0.1, -0.05) is 24.3 Å². The van der Waals surface area contributed by atoms with Crippen LogP contribution in [0.1, 0.15) is 16.7 Å². The van der Waals surface area contributed by atoms with Crippen molar-refractivity contribution in [3.8, 4) is 11.5 Å². The average Bonchev–Trinajstić information content (AvgIpc) is 3.19. The number of nitrogens with zero attached hydrogens (tertiary/aromatic N) is 1. The molecule has 5 heteroatoms. The fourth-order valence-corrected chi connectivity index (χ4v) is 3.52. The molecule has 0 saturated carbocycles. The number of aromatic nitrogens is 1. The zero-order chi connectivity index (χ0) is 16.1. The molecule has 0 bridgehead atoms. The fraction of sp³-hybridized carbons (Fsp3) is 0.211. The minimum atomic E-state index is -0.0441. The zero-order valence-electron chi connectivity index (χ0n) is 13.0. The lowest BCUT2D eigenvalue weighted by Gasteiger charge is -2.14. The molecule has 2 aliphatic heterocycles. The van der Waals surface area contributed by atoms with Crippen LogP contribution in [-0.2, 0) is 19.6 Å². The Balaban J connectivity index is 1.48. The van der Waals surface area contributed by atoms with E-state index in [1.54, 1.807) is 0 Å². The Hall–Kier alpha value is -2.79. The molecular formula is C19H16N2O3. The van der Waals surface area contributed by atoms with Gasteiger partial charge in [-0.05, 0) is 23.3 Å². The maximum Gasteiger partial charge on any atom is 0.252 e. The Morgan fingerprint density at radius 1 is 1.00 bits per heavy atom. The highest BCUT2D eigenvalue weighted by Crippen LogP contribution is 2.35. The molecule has 3 aromatic rings. The van der Waals surface area contributed by atoms with Crippen LogP contribution in [0, 0.1) is 0 Å². The van der Waals surface area contributed by atoms with Crippen LogP contribution in [0.5, 0.6) is 11.5 Å². The molecule has 24 heavy (non-hydrogen) atoms. The van der Waals surface area contributed by atoms with Crippen LogP contribution in [0.25, 0.3) is 10.9 Å². The monoisotopic (exact) mass is 320 g/mol. The van der Waals surface area contributed by atoms with Crippen molar-refractivity contribution in [3.63, 3.8) is 0 Å². The summed E-state index contributed by atoms with van der Waals surface area (Å²) in [6, 6.07) is 14.1.